The van der Waals surface area contributed by atoms with Gasteiger partial charge in [-0.25, -0.2) is 0 Å². The maximum atomic E-state index is 3.51. The van der Waals surface area contributed by atoms with Crippen molar-refractivity contribution in [3.8, 4) is 0 Å². The Morgan fingerprint density at radius 3 is 2.72 bits per heavy atom. The molecule has 1 N–H and O–H groups in total. The number of hydrogen-bond acceptors (Lipinski definition) is 2. The molecule has 0 unspecified atom stereocenters. The third-order valence-electron chi connectivity index (χ3n) is 3.80. The van der Waals surface area contributed by atoms with E-state index in [1.165, 1.54) is 42.7 Å². The average molecular weight is 246 g/mol. The van der Waals surface area contributed by atoms with Gasteiger partial charge in [-0.2, -0.15) is 0 Å². The van der Waals surface area contributed by atoms with Gasteiger partial charge in [-0.05, 0) is 43.4 Å². The normalized spacial score (nSPS) is 17.7. The van der Waals surface area contributed by atoms with Gasteiger partial charge in [0, 0.05) is 25.3 Å². The van der Waals surface area contributed by atoms with Gasteiger partial charge < -0.3 is 10.2 Å². The minimum Gasteiger partial charge on any atom is -0.370 e. The lowest BCUT2D eigenvalue weighted by atomic mass is 9.97. The first kappa shape index (κ1) is 13.4. The standard InChI is InChI=1S/C16H26N2/c1-13(2)15-8-6-7-14(3)16(15)18-11-5-4-9-17-10-12-18/h6-8,13,17H,4-5,9-12H2,1-3H3. The first-order valence-electron chi connectivity index (χ1n) is 7.25. The van der Waals surface area contributed by atoms with Crippen LogP contribution in [0.2, 0.25) is 0 Å². The first-order valence-corrected chi connectivity index (χ1v) is 7.25. The van der Waals surface area contributed by atoms with Crippen LogP contribution in [0.5, 0.6) is 0 Å². The summed E-state index contributed by atoms with van der Waals surface area (Å²) in [5.41, 5.74) is 4.40. The molecule has 1 fully saturated rings. The second-order valence-electron chi connectivity index (χ2n) is 5.61. The van der Waals surface area contributed by atoms with Crippen molar-refractivity contribution >= 4 is 5.69 Å². The fraction of sp³-hybridized carbons (Fsp3) is 0.625. The number of para-hydroxylation sites is 1. The number of hydrogen-bond donors (Lipinski definition) is 1. The molecule has 0 aliphatic carbocycles. The van der Waals surface area contributed by atoms with E-state index in [4.69, 9.17) is 0 Å². The minimum atomic E-state index is 0.596. The lowest BCUT2D eigenvalue weighted by molar-refractivity contribution is 0.565. The maximum absolute atomic E-state index is 3.51. The zero-order valence-corrected chi connectivity index (χ0v) is 12.0. The summed E-state index contributed by atoms with van der Waals surface area (Å²) in [5.74, 6) is 0.596. The van der Waals surface area contributed by atoms with Crippen LogP contribution in [0.15, 0.2) is 18.2 Å². The molecule has 2 rings (SSSR count). The maximum Gasteiger partial charge on any atom is 0.0431 e. The molecule has 1 saturated heterocycles. The minimum absolute atomic E-state index is 0.596. The Labute approximate surface area is 111 Å². The first-order chi connectivity index (χ1) is 8.70. The SMILES string of the molecule is Cc1cccc(C(C)C)c1N1CCCCNCC1. The Balaban J connectivity index is 2.29. The fourth-order valence-electron chi connectivity index (χ4n) is 2.81. The van der Waals surface area contributed by atoms with Crippen LogP contribution in [0.25, 0.3) is 0 Å². The summed E-state index contributed by atoms with van der Waals surface area (Å²) in [6.45, 7) is 11.4. The molecule has 0 amide bonds. The van der Waals surface area contributed by atoms with Crippen LogP contribution in [0.4, 0.5) is 5.69 Å². The summed E-state index contributed by atoms with van der Waals surface area (Å²) in [6, 6.07) is 6.73. The van der Waals surface area contributed by atoms with Crippen molar-refractivity contribution in [1.82, 2.24) is 5.32 Å². The Hall–Kier alpha value is -1.02. The molecule has 0 atom stereocenters. The molecular weight excluding hydrogens is 220 g/mol. The highest BCUT2D eigenvalue weighted by atomic mass is 15.1. The van der Waals surface area contributed by atoms with Crippen LogP contribution < -0.4 is 10.2 Å². The summed E-state index contributed by atoms with van der Waals surface area (Å²) in [7, 11) is 0. The van der Waals surface area contributed by atoms with E-state index < -0.39 is 0 Å². The Kier molecular flexibility index (Phi) is 4.65. The van der Waals surface area contributed by atoms with Crippen molar-refractivity contribution < 1.29 is 0 Å². The topological polar surface area (TPSA) is 15.3 Å². The van der Waals surface area contributed by atoms with Gasteiger partial charge in [-0.1, -0.05) is 32.0 Å². The van der Waals surface area contributed by atoms with Gasteiger partial charge in [0.1, 0.15) is 0 Å². The fourth-order valence-corrected chi connectivity index (χ4v) is 2.81. The molecule has 0 bridgehead atoms. The number of anilines is 1. The van der Waals surface area contributed by atoms with E-state index in [0.717, 1.165) is 13.1 Å². The molecule has 2 nitrogen and oxygen atoms in total. The molecular formula is C16H26N2. The van der Waals surface area contributed by atoms with Crippen LogP contribution in [-0.4, -0.2) is 26.2 Å². The smallest absolute Gasteiger partial charge is 0.0431 e. The summed E-state index contributed by atoms with van der Waals surface area (Å²) in [4.78, 5) is 2.58. The Bertz CT molecular complexity index is 377. The largest absolute Gasteiger partial charge is 0.370 e. The highest BCUT2D eigenvalue weighted by molar-refractivity contribution is 5.60. The van der Waals surface area contributed by atoms with Crippen LogP contribution in [-0.2, 0) is 0 Å². The van der Waals surface area contributed by atoms with Crippen molar-refractivity contribution in [2.45, 2.75) is 39.5 Å². The van der Waals surface area contributed by atoms with Crippen LogP contribution in [0.1, 0.15) is 43.7 Å². The predicted molar refractivity (Wildman–Crippen MR) is 79.6 cm³/mol. The van der Waals surface area contributed by atoms with Crippen LogP contribution in [0, 0.1) is 6.92 Å². The summed E-state index contributed by atoms with van der Waals surface area (Å²) in [5, 5.41) is 3.51. The predicted octanol–water partition coefficient (Wildman–Crippen LogP) is 3.31. The van der Waals surface area contributed by atoms with E-state index in [9.17, 15) is 0 Å². The van der Waals surface area contributed by atoms with E-state index in [1.807, 2.05) is 0 Å². The molecule has 0 aromatic heterocycles. The molecule has 0 radical (unpaired) electrons. The Morgan fingerprint density at radius 2 is 1.94 bits per heavy atom. The number of aryl methyl sites for hydroxylation is 1. The number of nitrogens with zero attached hydrogens (tertiary/aromatic N) is 1. The van der Waals surface area contributed by atoms with Gasteiger partial charge in [-0.15, -0.1) is 0 Å². The molecule has 2 heteroatoms. The van der Waals surface area contributed by atoms with Gasteiger partial charge in [0.05, 0.1) is 0 Å². The van der Waals surface area contributed by atoms with Gasteiger partial charge in [0.25, 0.3) is 0 Å². The number of benzene rings is 1. The van der Waals surface area contributed by atoms with Gasteiger partial charge >= 0.3 is 0 Å². The van der Waals surface area contributed by atoms with Crippen LogP contribution >= 0.6 is 0 Å². The quantitative estimate of drug-likeness (QED) is 0.861. The van der Waals surface area contributed by atoms with Crippen molar-refractivity contribution in [3.05, 3.63) is 29.3 Å². The van der Waals surface area contributed by atoms with E-state index in [1.54, 1.807) is 0 Å². The monoisotopic (exact) mass is 246 g/mol. The van der Waals surface area contributed by atoms with Gasteiger partial charge in [0.15, 0.2) is 0 Å². The number of rotatable bonds is 2. The van der Waals surface area contributed by atoms with E-state index >= 15 is 0 Å². The molecule has 0 spiro atoms. The third kappa shape index (κ3) is 3.05. The van der Waals surface area contributed by atoms with Crippen molar-refractivity contribution in [2.24, 2.45) is 0 Å². The zero-order valence-electron chi connectivity index (χ0n) is 12.0. The molecule has 0 saturated carbocycles. The third-order valence-corrected chi connectivity index (χ3v) is 3.80. The lowest BCUT2D eigenvalue weighted by Gasteiger charge is -2.31. The lowest BCUT2D eigenvalue weighted by Crippen LogP contribution is -2.37. The molecule has 1 aromatic rings. The van der Waals surface area contributed by atoms with Crippen molar-refractivity contribution in [2.75, 3.05) is 31.1 Å². The van der Waals surface area contributed by atoms with Gasteiger partial charge in [-0.3, -0.25) is 0 Å². The van der Waals surface area contributed by atoms with Crippen molar-refractivity contribution in [3.63, 3.8) is 0 Å². The van der Waals surface area contributed by atoms with E-state index in [0.29, 0.717) is 5.92 Å². The molecule has 100 valence electrons. The number of nitrogens with one attached hydrogen (secondary N) is 1. The van der Waals surface area contributed by atoms with E-state index in [-0.39, 0.29) is 0 Å². The Morgan fingerprint density at radius 1 is 1.11 bits per heavy atom. The summed E-state index contributed by atoms with van der Waals surface area (Å²) >= 11 is 0. The highest BCUT2D eigenvalue weighted by Crippen LogP contribution is 2.31. The zero-order chi connectivity index (χ0) is 13.0. The summed E-state index contributed by atoms with van der Waals surface area (Å²) < 4.78 is 0. The van der Waals surface area contributed by atoms with Crippen LogP contribution in [0.3, 0.4) is 0 Å². The molecule has 18 heavy (non-hydrogen) atoms. The molecule has 1 heterocycles. The molecule has 1 aliphatic rings. The van der Waals surface area contributed by atoms with Gasteiger partial charge in [0.2, 0.25) is 0 Å². The molecule has 1 aliphatic heterocycles. The second kappa shape index (κ2) is 6.24. The molecule has 1 aromatic carbocycles. The van der Waals surface area contributed by atoms with Crippen molar-refractivity contribution in [1.29, 1.82) is 0 Å². The van der Waals surface area contributed by atoms with E-state index in [2.05, 4.69) is 49.2 Å². The average Bonchev–Trinajstić information content (AvgIpc) is 2.29. The summed E-state index contributed by atoms with van der Waals surface area (Å²) in [6.07, 6.45) is 2.58. The second-order valence-corrected chi connectivity index (χ2v) is 5.61. The highest BCUT2D eigenvalue weighted by Gasteiger charge is 2.16.